The molecule has 0 aliphatic rings. The Morgan fingerprint density at radius 1 is 1.31 bits per heavy atom. The summed E-state index contributed by atoms with van der Waals surface area (Å²) >= 11 is 0. The minimum Gasteiger partial charge on any atom is -0.359 e. The van der Waals surface area contributed by atoms with E-state index in [9.17, 15) is 4.79 Å². The fourth-order valence-electron chi connectivity index (χ4n) is 0.375. The van der Waals surface area contributed by atoms with Crippen molar-refractivity contribution in [3.05, 3.63) is 0 Å². The zero-order valence-corrected chi connectivity index (χ0v) is 10.2. The second-order valence-corrected chi connectivity index (χ2v) is 4.63. The van der Waals surface area contributed by atoms with Crippen LogP contribution in [0.15, 0.2) is 0 Å². The Labute approximate surface area is 83.1 Å². The van der Waals surface area contributed by atoms with Crippen molar-refractivity contribution in [1.82, 2.24) is 5.32 Å². The van der Waals surface area contributed by atoms with E-state index in [0.29, 0.717) is 0 Å². The van der Waals surface area contributed by atoms with Crippen molar-refractivity contribution >= 4 is 5.91 Å². The maximum atomic E-state index is 10.7. The molecule has 0 saturated heterocycles. The van der Waals surface area contributed by atoms with Crippen molar-refractivity contribution in [1.29, 1.82) is 0 Å². The van der Waals surface area contributed by atoms with Crippen molar-refractivity contribution in [2.75, 3.05) is 7.05 Å². The summed E-state index contributed by atoms with van der Waals surface area (Å²) in [6.07, 6.45) is 1.31. The molecule has 0 bridgehead atoms. The van der Waals surface area contributed by atoms with Crippen LogP contribution in [0.2, 0.25) is 0 Å². The molecule has 0 saturated carbocycles. The minimum absolute atomic E-state index is 0.0810. The lowest BCUT2D eigenvalue weighted by atomic mass is 9.96. The molecule has 0 spiro atoms. The lowest BCUT2D eigenvalue weighted by molar-refractivity contribution is -0.127. The maximum Gasteiger partial charge on any atom is 0.225 e. The SMILES string of the molecule is CCC(C)C.CNC(=O)C(C)(C)C. The summed E-state index contributed by atoms with van der Waals surface area (Å²) in [5, 5.41) is 2.57. The van der Waals surface area contributed by atoms with Crippen LogP contribution >= 0.6 is 0 Å². The van der Waals surface area contributed by atoms with Gasteiger partial charge in [-0.05, 0) is 5.92 Å². The Hall–Kier alpha value is -0.530. The molecule has 1 amide bonds. The fraction of sp³-hybridized carbons (Fsp3) is 0.909. The number of hydrogen-bond donors (Lipinski definition) is 1. The second kappa shape index (κ2) is 6.93. The van der Waals surface area contributed by atoms with E-state index in [1.807, 2.05) is 20.8 Å². The minimum atomic E-state index is -0.241. The van der Waals surface area contributed by atoms with E-state index in [1.165, 1.54) is 6.42 Å². The molecule has 0 radical (unpaired) electrons. The van der Waals surface area contributed by atoms with Gasteiger partial charge in [-0.1, -0.05) is 48.0 Å². The first kappa shape index (κ1) is 15.0. The molecule has 0 atom stereocenters. The number of carbonyl (C=O) groups is 1. The van der Waals surface area contributed by atoms with Gasteiger partial charge >= 0.3 is 0 Å². The van der Waals surface area contributed by atoms with Crippen molar-refractivity contribution in [3.63, 3.8) is 0 Å². The zero-order chi connectivity index (χ0) is 11.1. The van der Waals surface area contributed by atoms with Gasteiger partial charge in [0.2, 0.25) is 5.91 Å². The summed E-state index contributed by atoms with van der Waals surface area (Å²) in [6, 6.07) is 0. The third-order valence-electron chi connectivity index (χ3n) is 1.72. The Morgan fingerprint density at radius 2 is 1.62 bits per heavy atom. The molecule has 0 heterocycles. The Morgan fingerprint density at radius 3 is 1.62 bits per heavy atom. The molecular weight excluding hydrogens is 162 g/mol. The van der Waals surface area contributed by atoms with Crippen LogP contribution in [0.25, 0.3) is 0 Å². The Balaban J connectivity index is 0. The van der Waals surface area contributed by atoms with Gasteiger partial charge in [0.1, 0.15) is 0 Å². The van der Waals surface area contributed by atoms with Crippen LogP contribution < -0.4 is 5.32 Å². The third-order valence-corrected chi connectivity index (χ3v) is 1.72. The largest absolute Gasteiger partial charge is 0.359 e. The molecule has 13 heavy (non-hydrogen) atoms. The van der Waals surface area contributed by atoms with E-state index in [1.54, 1.807) is 7.05 Å². The number of amides is 1. The van der Waals surface area contributed by atoms with E-state index >= 15 is 0 Å². The highest BCUT2D eigenvalue weighted by atomic mass is 16.2. The Kier molecular flexibility index (Phi) is 7.98. The van der Waals surface area contributed by atoms with Crippen LogP contribution in [0, 0.1) is 11.3 Å². The van der Waals surface area contributed by atoms with E-state index in [2.05, 4.69) is 26.1 Å². The maximum absolute atomic E-state index is 10.7. The van der Waals surface area contributed by atoms with Gasteiger partial charge in [0, 0.05) is 12.5 Å². The monoisotopic (exact) mass is 187 g/mol. The normalized spacial score (nSPS) is 10.5. The molecule has 0 aromatic rings. The first-order valence-corrected chi connectivity index (χ1v) is 4.97. The summed E-state index contributed by atoms with van der Waals surface area (Å²) in [4.78, 5) is 10.7. The van der Waals surface area contributed by atoms with Gasteiger partial charge in [-0.3, -0.25) is 4.79 Å². The molecule has 0 unspecified atom stereocenters. The van der Waals surface area contributed by atoms with E-state index in [-0.39, 0.29) is 11.3 Å². The summed E-state index contributed by atoms with van der Waals surface area (Å²) in [5.41, 5.74) is -0.241. The molecule has 0 aliphatic heterocycles. The number of hydrogen-bond acceptors (Lipinski definition) is 1. The molecule has 80 valence electrons. The van der Waals surface area contributed by atoms with Crippen LogP contribution in [-0.4, -0.2) is 13.0 Å². The van der Waals surface area contributed by atoms with Crippen LogP contribution in [0.5, 0.6) is 0 Å². The van der Waals surface area contributed by atoms with Gasteiger partial charge in [-0.15, -0.1) is 0 Å². The standard InChI is InChI=1S/C6H13NO.C5H12/c1-6(2,3)5(8)7-4;1-4-5(2)3/h1-4H3,(H,7,8);5H,4H2,1-3H3. The number of nitrogens with one attached hydrogen (secondary N) is 1. The molecule has 1 N–H and O–H groups in total. The number of rotatable bonds is 1. The number of carbonyl (C=O) groups excluding carboxylic acids is 1. The van der Waals surface area contributed by atoms with Crippen LogP contribution in [0.3, 0.4) is 0 Å². The van der Waals surface area contributed by atoms with Gasteiger partial charge in [0.15, 0.2) is 0 Å². The summed E-state index contributed by atoms with van der Waals surface area (Å²) in [7, 11) is 1.65. The molecule has 0 fully saturated rings. The molecular formula is C11H25NO. The van der Waals surface area contributed by atoms with Gasteiger partial charge in [-0.25, -0.2) is 0 Å². The molecule has 2 nitrogen and oxygen atoms in total. The zero-order valence-electron chi connectivity index (χ0n) is 10.2. The van der Waals surface area contributed by atoms with Crippen molar-refractivity contribution < 1.29 is 4.79 Å². The highest BCUT2D eigenvalue weighted by Gasteiger charge is 2.18. The summed E-state index contributed by atoms with van der Waals surface area (Å²) in [5.74, 6) is 0.965. The highest BCUT2D eigenvalue weighted by molar-refractivity contribution is 5.80. The summed E-state index contributed by atoms with van der Waals surface area (Å²) < 4.78 is 0. The first-order valence-electron chi connectivity index (χ1n) is 4.97. The topological polar surface area (TPSA) is 29.1 Å². The Bertz CT molecular complexity index is 134. The quantitative estimate of drug-likeness (QED) is 0.672. The fourth-order valence-corrected chi connectivity index (χ4v) is 0.375. The average molecular weight is 187 g/mol. The predicted octanol–water partition coefficient (Wildman–Crippen LogP) is 2.83. The van der Waals surface area contributed by atoms with E-state index in [4.69, 9.17) is 0 Å². The smallest absolute Gasteiger partial charge is 0.225 e. The van der Waals surface area contributed by atoms with Crippen molar-refractivity contribution in [2.24, 2.45) is 11.3 Å². The summed E-state index contributed by atoms with van der Waals surface area (Å²) in [6.45, 7) is 12.3. The highest BCUT2D eigenvalue weighted by Crippen LogP contribution is 2.11. The lowest BCUT2D eigenvalue weighted by Crippen LogP contribution is -2.31. The van der Waals surface area contributed by atoms with Crippen LogP contribution in [-0.2, 0) is 4.79 Å². The average Bonchev–Trinajstić information content (AvgIpc) is 2.02. The van der Waals surface area contributed by atoms with Crippen LogP contribution in [0.4, 0.5) is 0 Å². The lowest BCUT2D eigenvalue weighted by Gasteiger charge is -2.14. The molecule has 0 aromatic heterocycles. The van der Waals surface area contributed by atoms with Crippen LogP contribution in [0.1, 0.15) is 48.0 Å². The third kappa shape index (κ3) is 11.5. The molecule has 0 aromatic carbocycles. The van der Waals surface area contributed by atoms with Gasteiger partial charge in [0.25, 0.3) is 0 Å². The molecule has 2 heteroatoms. The first-order chi connectivity index (χ1) is 5.75. The molecule has 0 rings (SSSR count). The van der Waals surface area contributed by atoms with E-state index in [0.717, 1.165) is 5.92 Å². The van der Waals surface area contributed by atoms with Crippen molar-refractivity contribution in [3.8, 4) is 0 Å². The van der Waals surface area contributed by atoms with Crippen molar-refractivity contribution in [2.45, 2.75) is 48.0 Å². The second-order valence-electron chi connectivity index (χ2n) is 4.63. The van der Waals surface area contributed by atoms with E-state index < -0.39 is 0 Å². The molecule has 0 aliphatic carbocycles. The van der Waals surface area contributed by atoms with Gasteiger partial charge < -0.3 is 5.32 Å². The van der Waals surface area contributed by atoms with Gasteiger partial charge in [0.05, 0.1) is 0 Å². The predicted molar refractivity (Wildman–Crippen MR) is 58.7 cm³/mol. The van der Waals surface area contributed by atoms with Gasteiger partial charge in [-0.2, -0.15) is 0 Å².